The van der Waals surface area contributed by atoms with Gasteiger partial charge in [0.2, 0.25) is 161 Å². The summed E-state index contributed by atoms with van der Waals surface area (Å²) in [6.07, 6.45) is 11.2. The van der Waals surface area contributed by atoms with E-state index < -0.39 is 0 Å². The molecule has 0 radical (unpaired) electrons. The van der Waals surface area contributed by atoms with Crippen LogP contribution in [0.1, 0.15) is 46.8 Å². The molecule has 18 aromatic heterocycles. The highest BCUT2D eigenvalue weighted by Crippen LogP contribution is 2.33. The van der Waals surface area contributed by atoms with E-state index in [0.29, 0.717) is 71.4 Å². The first-order chi connectivity index (χ1) is 68.3. The molecule has 0 atom stereocenters. The average molecular weight is 2060 g/mol. The Labute approximate surface area is 842 Å². The van der Waals surface area contributed by atoms with Crippen LogP contribution in [0.15, 0.2) is 125 Å². The van der Waals surface area contributed by atoms with Gasteiger partial charge in [0.1, 0.15) is 30.8 Å². The number of anilines is 36. The van der Waals surface area contributed by atoms with Gasteiger partial charge in [-0.3, -0.25) is 0 Å². The fourth-order valence-corrected chi connectivity index (χ4v) is 14.5. The van der Waals surface area contributed by atoms with Gasteiger partial charge in [0, 0.05) is 121 Å². The van der Waals surface area contributed by atoms with E-state index in [1.165, 1.54) is 19.5 Å². The lowest BCUT2D eigenvalue weighted by Crippen LogP contribution is -2.16. The van der Waals surface area contributed by atoms with Crippen LogP contribution in [0.5, 0.6) is 0 Å². The molecule has 0 bridgehead atoms. The molecule has 0 fully saturated rings. The van der Waals surface area contributed by atoms with Gasteiger partial charge < -0.3 is 165 Å². The van der Waals surface area contributed by atoms with Gasteiger partial charge in [-0.25, -0.2) is 0 Å². The summed E-state index contributed by atoms with van der Waals surface area (Å²) in [4.78, 5) is 123. The maximum Gasteiger partial charge on any atom is 0.236 e. The molecule has 18 rings (SSSR count). The highest BCUT2D eigenvalue weighted by molar-refractivity contribution is 7.11. The van der Waals surface area contributed by atoms with Crippen LogP contribution in [0.25, 0.3) is 0 Å². The minimum Gasteiger partial charge on any atom is -0.470 e. The largest absolute Gasteiger partial charge is 0.470 e. The Bertz CT molecular complexity index is 6790. The molecule has 144 heavy (non-hydrogen) atoms. The molecule has 0 aromatic carbocycles. The zero-order valence-electron chi connectivity index (χ0n) is 81.0. The Morgan fingerprint density at radius 2 is 0.535 bits per heavy atom. The number of thiophene rings is 5. The highest BCUT2D eigenvalue weighted by Gasteiger charge is 2.19. The molecule has 18 heterocycles. The predicted molar refractivity (Wildman–Crippen MR) is 571 cm³/mol. The molecule has 36 N–H and O–H groups in total. The van der Waals surface area contributed by atoms with Crippen LogP contribution >= 0.6 is 56.7 Å². The van der Waals surface area contributed by atoms with Crippen LogP contribution in [0.4, 0.5) is 212 Å². The Kier molecular flexibility index (Phi) is 37.3. The maximum atomic E-state index is 5.64. The van der Waals surface area contributed by atoms with Gasteiger partial charge in [-0.05, 0) is 109 Å². The number of aromatic nitrogens is 27. The molecule has 0 saturated heterocycles. The Morgan fingerprint density at radius 1 is 0.243 bits per heavy atom. The van der Waals surface area contributed by atoms with E-state index in [1.807, 2.05) is 192 Å². The minimum absolute atomic E-state index is 0.0751. The number of hydrogen-bond donors (Lipinski definition) is 21. The van der Waals surface area contributed by atoms with E-state index in [9.17, 15) is 0 Å². The molecule has 0 unspecified atom stereocenters. The number of nitrogens with two attached hydrogens (primary N) is 15. The lowest BCUT2D eigenvalue weighted by atomic mass is 10.3. The fourth-order valence-electron chi connectivity index (χ4n) is 11.1. The van der Waals surface area contributed by atoms with Gasteiger partial charge in [0.05, 0.1) is 70.0 Å². The monoisotopic (exact) mass is 2060 g/mol. The molecule has 58 nitrogen and oxygen atoms in total. The summed E-state index contributed by atoms with van der Waals surface area (Å²) in [5, 5.41) is 28.1. The number of aryl methyl sites for hydroxylation is 9. The molecule has 0 amide bonds. The van der Waals surface area contributed by atoms with E-state index in [-0.39, 0.29) is 89.2 Å². The maximum absolute atomic E-state index is 5.64. The molecule has 756 valence electrons. The molecular formula is C81H108N54O4S5. The number of rotatable bonds is 21. The van der Waals surface area contributed by atoms with Crippen molar-refractivity contribution in [3.63, 3.8) is 0 Å². The molecule has 0 aliphatic carbocycles. The fraction of sp³-hybridized carbons (Fsp3) is 0.222. The zero-order chi connectivity index (χ0) is 105. The average Bonchev–Trinajstić information content (AvgIpc) is 1.65. The lowest BCUT2D eigenvalue weighted by molar-refractivity contribution is 0.535. The van der Waals surface area contributed by atoms with Crippen molar-refractivity contribution >= 4 is 268 Å². The second-order valence-electron chi connectivity index (χ2n) is 30.1. The van der Waals surface area contributed by atoms with E-state index >= 15 is 0 Å². The van der Waals surface area contributed by atoms with E-state index in [4.69, 9.17) is 104 Å². The third-order valence-corrected chi connectivity index (χ3v) is 22.1. The molecule has 0 spiro atoms. The van der Waals surface area contributed by atoms with Gasteiger partial charge in [0.25, 0.3) is 0 Å². The Balaban J connectivity index is 0.000000166. The summed E-state index contributed by atoms with van der Waals surface area (Å²) < 4.78 is 20.3. The number of nitrogen functional groups attached to an aromatic ring is 15. The van der Waals surface area contributed by atoms with E-state index in [1.54, 1.807) is 127 Å². The third-order valence-electron chi connectivity index (χ3n) is 17.9. The number of furan rings is 4. The van der Waals surface area contributed by atoms with Crippen LogP contribution in [0.3, 0.4) is 0 Å². The standard InChI is InChI=1S/2C10H14N6O.C10H14N6S.C9H12N6O.2C9H12N6S.C8H10N6O.2C8H10N6S/c1-6-4-17-5-7(6)12-9-13-8(11)14-10(15-9)16(2)3;1-6-4-7(5-17-6)12-9-13-8(11)14-10(15-9)16(2)3;1-6-7(4-5-17-6)12-9-13-8(11)14-10(15-9)16(2)3;1-5-3-16-4-6(5)15(2)9-13-7(10)12-8(11)14-9;1-5-3-6(4-16-5)15(2)9-13-7(10)12-8(11)14-9;1-5-6(3-4-16-5)15(2)9-13-7(10)12-8(11)14-9;1-4-2-15-3-5(4)11-8-13-6(9)12-7(10)14-8;1-4-2-5(3-15-4)11-8-13-6(9)12-7(10)14-8;1-4-5(2-3-15-4)11-8-13-6(9)12-7(10)14-8/h3*4-5H,1-3H3,(H3,11,12,13,14,15);3*3-4H,1-2H3,(H4,10,11,12,13,14);3*2-3H,1H3,(H5,9,10,11,12,13,14). The zero-order valence-corrected chi connectivity index (χ0v) is 85.1. The highest BCUT2D eigenvalue weighted by atomic mass is 32.1. The smallest absolute Gasteiger partial charge is 0.236 e. The summed E-state index contributed by atoms with van der Waals surface area (Å²) >= 11 is 8.26. The van der Waals surface area contributed by atoms with Gasteiger partial charge in [-0.15, -0.1) is 56.7 Å². The molecule has 0 aliphatic rings. The summed E-state index contributed by atoms with van der Waals surface area (Å²) in [5.41, 5.74) is 93.5. The van der Waals surface area contributed by atoms with Crippen molar-refractivity contribution in [2.24, 2.45) is 0 Å². The van der Waals surface area contributed by atoms with E-state index in [0.717, 1.165) is 78.5 Å². The van der Waals surface area contributed by atoms with Crippen molar-refractivity contribution in [1.29, 1.82) is 0 Å². The number of nitrogens with zero attached hydrogens (tertiary/aromatic N) is 33. The van der Waals surface area contributed by atoms with Crippen LogP contribution in [0, 0.1) is 62.3 Å². The van der Waals surface area contributed by atoms with E-state index in [2.05, 4.69) is 166 Å². The van der Waals surface area contributed by atoms with Crippen LogP contribution in [0.2, 0.25) is 0 Å². The molecule has 18 aromatic rings. The van der Waals surface area contributed by atoms with Gasteiger partial charge in [0.15, 0.2) is 0 Å². The molecule has 63 heteroatoms. The predicted octanol–water partition coefficient (Wildman–Crippen LogP) is 10.00. The molecule has 0 aliphatic heterocycles. The van der Waals surface area contributed by atoms with Crippen molar-refractivity contribution in [3.05, 3.63) is 154 Å². The summed E-state index contributed by atoms with van der Waals surface area (Å²) in [7, 11) is 16.6. The molecular weight excluding hydrogens is 1950 g/mol. The Hall–Kier alpha value is -18.7. The van der Waals surface area contributed by atoms with Gasteiger partial charge >= 0.3 is 0 Å². The van der Waals surface area contributed by atoms with Crippen molar-refractivity contribution in [3.8, 4) is 0 Å². The second-order valence-corrected chi connectivity index (χ2v) is 35.7. The van der Waals surface area contributed by atoms with Crippen LogP contribution in [-0.4, -0.2) is 198 Å². The summed E-state index contributed by atoms with van der Waals surface area (Å²) in [5.74, 6) is 7.72. The van der Waals surface area contributed by atoms with Gasteiger partial charge in [-0.1, -0.05) is 0 Å². The summed E-state index contributed by atoms with van der Waals surface area (Å²) in [6.45, 7) is 17.7. The topological polar surface area (TPSA) is 883 Å². The normalized spacial score (nSPS) is 10.3. The van der Waals surface area contributed by atoms with Crippen molar-refractivity contribution in [2.75, 3.05) is 211 Å². The first-order valence-corrected chi connectivity index (χ1v) is 46.1. The lowest BCUT2D eigenvalue weighted by Gasteiger charge is -2.16. The van der Waals surface area contributed by atoms with Crippen molar-refractivity contribution in [2.45, 2.75) is 62.3 Å². The minimum atomic E-state index is 0.0751. The summed E-state index contributed by atoms with van der Waals surface area (Å²) in [6, 6.07) is 11.8. The SMILES string of the molecule is Cc1cc(N(C)c2nc(N)nc(N)n2)cs1.Cc1cc(Nc2nc(N)nc(N(C)C)n2)co1.Cc1cc(Nc2nc(N)nc(N)n2)cs1.Cc1cocc1N(C)c1nc(N)nc(N)n1.Cc1cocc1Nc1nc(N)nc(N(C)C)n1.Cc1cocc1Nc1nc(N)nc(N)n1.Cc1sccc1N(C)c1nc(N)nc(N)n1.Cc1sccc1Nc1nc(N)nc(N(C)C)n1.Cc1sccc1Nc1nc(N)nc(N)n1. The second kappa shape index (κ2) is 50.1. The number of hydrogen-bond acceptors (Lipinski definition) is 63. The van der Waals surface area contributed by atoms with Crippen LogP contribution < -0.4 is 147 Å². The Morgan fingerprint density at radius 3 is 0.833 bits per heavy atom. The first-order valence-electron chi connectivity index (χ1n) is 41.7. The number of nitrogens with one attached hydrogen (secondary N) is 6. The van der Waals surface area contributed by atoms with Crippen molar-refractivity contribution < 1.29 is 17.7 Å². The molecule has 0 saturated carbocycles. The third kappa shape index (κ3) is 33.0. The van der Waals surface area contributed by atoms with Crippen molar-refractivity contribution in [1.82, 2.24) is 135 Å². The first kappa shape index (κ1) is 107. The quantitative estimate of drug-likeness (QED) is 0.0318. The van der Waals surface area contributed by atoms with Gasteiger partial charge in [-0.2, -0.15) is 135 Å². The van der Waals surface area contributed by atoms with Crippen LogP contribution in [-0.2, 0) is 0 Å².